The lowest BCUT2D eigenvalue weighted by molar-refractivity contribution is -0.116. The molecule has 156 valence electrons. The first-order chi connectivity index (χ1) is 13.9. The summed E-state index contributed by atoms with van der Waals surface area (Å²) >= 11 is 0. The van der Waals surface area contributed by atoms with E-state index in [-0.39, 0.29) is 10.8 Å². The second-order valence-electron chi connectivity index (χ2n) is 6.95. The summed E-state index contributed by atoms with van der Waals surface area (Å²) in [6.45, 7) is 5.28. The van der Waals surface area contributed by atoms with E-state index in [0.717, 1.165) is 12.1 Å². The van der Waals surface area contributed by atoms with Gasteiger partial charge in [0.05, 0.1) is 18.1 Å². The van der Waals surface area contributed by atoms with Crippen molar-refractivity contribution >= 4 is 27.3 Å². The Morgan fingerprint density at radius 3 is 2.52 bits per heavy atom. The molecule has 8 heteroatoms. The topological polar surface area (TPSA) is 87.7 Å². The number of carbonyl (C=O) groups is 1. The maximum absolute atomic E-state index is 12.8. The minimum absolute atomic E-state index is 0.161. The molecule has 1 amide bonds. The molecule has 0 saturated carbocycles. The highest BCUT2D eigenvalue weighted by atomic mass is 32.2. The summed E-state index contributed by atoms with van der Waals surface area (Å²) in [5.41, 5.74) is 2.50. The van der Waals surface area contributed by atoms with E-state index in [2.05, 4.69) is 17.6 Å². The van der Waals surface area contributed by atoms with E-state index < -0.39 is 16.1 Å². The van der Waals surface area contributed by atoms with Crippen LogP contribution in [-0.4, -0.2) is 51.0 Å². The zero-order chi connectivity index (χ0) is 20.9. The molecule has 1 atom stereocenters. The molecular weight excluding hydrogens is 390 g/mol. The molecule has 1 fully saturated rings. The molecule has 0 unspecified atom stereocenters. The molecule has 0 aliphatic carbocycles. The number of anilines is 2. The molecule has 1 saturated heterocycles. The Morgan fingerprint density at radius 1 is 1.10 bits per heavy atom. The average Bonchev–Trinajstić information content (AvgIpc) is 2.74. The third-order valence-electron chi connectivity index (χ3n) is 4.82. The molecule has 29 heavy (non-hydrogen) atoms. The Labute approximate surface area is 172 Å². The number of benzene rings is 2. The molecular formula is C21H27N3O4S. The Hall–Kier alpha value is -2.42. The summed E-state index contributed by atoms with van der Waals surface area (Å²) in [6.07, 6.45) is 0.917. The highest BCUT2D eigenvalue weighted by Crippen LogP contribution is 2.21. The molecule has 2 N–H and O–H groups in total. The summed E-state index contributed by atoms with van der Waals surface area (Å²) < 4.78 is 32.2. The van der Waals surface area contributed by atoms with Crippen LogP contribution in [0.4, 0.5) is 11.4 Å². The van der Waals surface area contributed by atoms with Crippen LogP contribution in [-0.2, 0) is 26.0 Å². The first kappa shape index (κ1) is 21.3. The van der Waals surface area contributed by atoms with Crippen molar-refractivity contribution in [1.82, 2.24) is 4.31 Å². The highest BCUT2D eigenvalue weighted by molar-refractivity contribution is 7.89. The van der Waals surface area contributed by atoms with E-state index in [1.165, 1.54) is 15.9 Å². The fourth-order valence-electron chi connectivity index (χ4n) is 3.12. The molecule has 0 radical (unpaired) electrons. The predicted octanol–water partition coefficient (Wildman–Crippen LogP) is 2.71. The van der Waals surface area contributed by atoms with E-state index in [4.69, 9.17) is 4.74 Å². The average molecular weight is 418 g/mol. The summed E-state index contributed by atoms with van der Waals surface area (Å²) in [5, 5.41) is 5.98. The summed E-state index contributed by atoms with van der Waals surface area (Å²) in [4.78, 5) is 12.7. The van der Waals surface area contributed by atoms with Crippen LogP contribution in [0.2, 0.25) is 0 Å². The number of hydrogen-bond donors (Lipinski definition) is 2. The first-order valence-electron chi connectivity index (χ1n) is 9.74. The zero-order valence-electron chi connectivity index (χ0n) is 16.7. The third-order valence-corrected chi connectivity index (χ3v) is 6.72. The van der Waals surface area contributed by atoms with Crippen molar-refractivity contribution in [2.24, 2.45) is 0 Å². The van der Waals surface area contributed by atoms with Crippen molar-refractivity contribution in [3.8, 4) is 0 Å². The van der Waals surface area contributed by atoms with Crippen molar-refractivity contribution < 1.29 is 17.9 Å². The van der Waals surface area contributed by atoms with Gasteiger partial charge in [0, 0.05) is 24.5 Å². The number of hydrogen-bond acceptors (Lipinski definition) is 5. The quantitative estimate of drug-likeness (QED) is 0.723. The minimum Gasteiger partial charge on any atom is -0.379 e. The molecule has 2 aromatic rings. The lowest BCUT2D eigenvalue weighted by atomic mass is 10.1. The number of nitrogens with one attached hydrogen (secondary N) is 2. The monoisotopic (exact) mass is 417 g/mol. The molecule has 7 nitrogen and oxygen atoms in total. The Morgan fingerprint density at radius 2 is 1.79 bits per heavy atom. The van der Waals surface area contributed by atoms with E-state index in [0.29, 0.717) is 32.0 Å². The van der Waals surface area contributed by atoms with Gasteiger partial charge in [0.1, 0.15) is 6.04 Å². The SMILES string of the molecule is CCc1cccc(N[C@H](C)C(=O)Nc2cccc(S(=O)(=O)N3CCOCC3)c2)c1. The lowest BCUT2D eigenvalue weighted by Crippen LogP contribution is -2.40. The molecule has 1 aliphatic heterocycles. The van der Waals surface area contributed by atoms with Crippen molar-refractivity contribution in [1.29, 1.82) is 0 Å². The van der Waals surface area contributed by atoms with Crippen molar-refractivity contribution in [3.63, 3.8) is 0 Å². The molecule has 2 aromatic carbocycles. The Kier molecular flexibility index (Phi) is 6.89. The van der Waals surface area contributed by atoms with Crippen LogP contribution < -0.4 is 10.6 Å². The maximum atomic E-state index is 12.8. The van der Waals surface area contributed by atoms with Crippen LogP contribution in [0.5, 0.6) is 0 Å². The largest absolute Gasteiger partial charge is 0.379 e. The van der Waals surface area contributed by atoms with Gasteiger partial charge in [-0.1, -0.05) is 25.1 Å². The van der Waals surface area contributed by atoms with Gasteiger partial charge >= 0.3 is 0 Å². The van der Waals surface area contributed by atoms with E-state index >= 15 is 0 Å². The van der Waals surface area contributed by atoms with Gasteiger partial charge in [-0.05, 0) is 49.2 Å². The van der Waals surface area contributed by atoms with Crippen molar-refractivity contribution in [2.45, 2.75) is 31.2 Å². The number of ether oxygens (including phenoxy) is 1. The summed E-state index contributed by atoms with van der Waals surface area (Å²) in [6, 6.07) is 13.8. The predicted molar refractivity (Wildman–Crippen MR) is 114 cm³/mol. The van der Waals surface area contributed by atoms with Crippen molar-refractivity contribution in [3.05, 3.63) is 54.1 Å². The molecule has 3 rings (SSSR count). The number of sulfonamides is 1. The maximum Gasteiger partial charge on any atom is 0.246 e. The second-order valence-corrected chi connectivity index (χ2v) is 8.89. The molecule has 0 aromatic heterocycles. The fraction of sp³-hybridized carbons (Fsp3) is 0.381. The van der Waals surface area contributed by atoms with Crippen LogP contribution >= 0.6 is 0 Å². The summed E-state index contributed by atoms with van der Waals surface area (Å²) in [5.74, 6) is -0.243. The van der Waals surface area contributed by atoms with E-state index in [1.54, 1.807) is 25.1 Å². The lowest BCUT2D eigenvalue weighted by Gasteiger charge is -2.26. The van der Waals surface area contributed by atoms with E-state index in [1.807, 2.05) is 24.3 Å². The number of amides is 1. The smallest absolute Gasteiger partial charge is 0.246 e. The fourth-order valence-corrected chi connectivity index (χ4v) is 4.57. The van der Waals surface area contributed by atoms with Crippen LogP contribution in [0.3, 0.4) is 0 Å². The number of aryl methyl sites for hydroxylation is 1. The molecule has 0 spiro atoms. The number of rotatable bonds is 7. The number of nitrogens with zero attached hydrogens (tertiary/aromatic N) is 1. The van der Waals surface area contributed by atoms with Gasteiger partial charge < -0.3 is 15.4 Å². The van der Waals surface area contributed by atoms with Gasteiger partial charge in [-0.2, -0.15) is 4.31 Å². The first-order valence-corrected chi connectivity index (χ1v) is 11.2. The van der Waals surface area contributed by atoms with Crippen LogP contribution in [0.1, 0.15) is 19.4 Å². The normalized spacial score (nSPS) is 16.2. The van der Waals surface area contributed by atoms with Gasteiger partial charge in [0.2, 0.25) is 15.9 Å². The standard InChI is InChI=1S/C21H27N3O4S/c1-3-17-6-4-7-18(14-17)22-16(2)21(25)23-19-8-5-9-20(15-19)29(26,27)24-10-12-28-13-11-24/h4-9,14-16,22H,3,10-13H2,1-2H3,(H,23,25)/t16-/m1/s1. The van der Waals surface area contributed by atoms with Crippen LogP contribution in [0.25, 0.3) is 0 Å². The minimum atomic E-state index is -3.61. The van der Waals surface area contributed by atoms with Crippen LogP contribution in [0, 0.1) is 0 Å². The Bertz CT molecular complexity index is 956. The van der Waals surface area contributed by atoms with Gasteiger partial charge in [0.15, 0.2) is 0 Å². The summed E-state index contributed by atoms with van der Waals surface area (Å²) in [7, 11) is -3.61. The molecule has 1 heterocycles. The van der Waals surface area contributed by atoms with Gasteiger partial charge in [-0.15, -0.1) is 0 Å². The van der Waals surface area contributed by atoms with E-state index in [9.17, 15) is 13.2 Å². The van der Waals surface area contributed by atoms with Gasteiger partial charge in [-0.25, -0.2) is 8.42 Å². The number of carbonyl (C=O) groups excluding carboxylic acids is 1. The number of morpholine rings is 1. The molecule has 0 bridgehead atoms. The Balaban J connectivity index is 1.68. The van der Waals surface area contributed by atoms with Crippen molar-refractivity contribution in [2.75, 3.05) is 36.9 Å². The second kappa shape index (κ2) is 9.39. The van der Waals surface area contributed by atoms with Crippen LogP contribution in [0.15, 0.2) is 53.4 Å². The molecule has 1 aliphatic rings. The van der Waals surface area contributed by atoms with Gasteiger partial charge in [-0.3, -0.25) is 4.79 Å². The zero-order valence-corrected chi connectivity index (χ0v) is 17.5. The highest BCUT2D eigenvalue weighted by Gasteiger charge is 2.26. The van der Waals surface area contributed by atoms with Gasteiger partial charge in [0.25, 0.3) is 0 Å². The third kappa shape index (κ3) is 5.35.